The first kappa shape index (κ1) is 54.8. The molecule has 16 rings (SSSR count). The fraction of sp³-hybridized carbons (Fsp3) is 0.385. The molecule has 5 unspecified atom stereocenters. The average molecular weight is 1080 g/mol. The van der Waals surface area contributed by atoms with Crippen molar-refractivity contribution in [2.24, 2.45) is 5.92 Å². The van der Waals surface area contributed by atoms with Gasteiger partial charge in [0.1, 0.15) is 0 Å². The van der Waals surface area contributed by atoms with Crippen LogP contribution in [0.1, 0.15) is 146 Å². The molecule has 0 saturated carbocycles. The number of benzene rings is 8. The number of hydrogen-bond donors (Lipinski definition) is 0. The molecule has 8 aromatic carbocycles. The first-order chi connectivity index (χ1) is 39.8. The molecule has 0 amide bonds. The van der Waals surface area contributed by atoms with Crippen LogP contribution in [-0.2, 0) is 50.4 Å². The van der Waals surface area contributed by atoms with E-state index in [0.29, 0.717) is 35.9 Å². The third kappa shape index (κ3) is 9.74. The van der Waals surface area contributed by atoms with Crippen molar-refractivity contribution in [2.75, 3.05) is 56.4 Å². The molecule has 9 atom stereocenters. The van der Waals surface area contributed by atoms with Gasteiger partial charge in [-0.05, 0) is 246 Å². The summed E-state index contributed by atoms with van der Waals surface area (Å²) in [6, 6.07) is 70.2. The van der Waals surface area contributed by atoms with E-state index in [-0.39, 0.29) is 11.0 Å². The van der Waals surface area contributed by atoms with Crippen molar-refractivity contribution < 1.29 is 0 Å². The molecule has 420 valence electrons. The van der Waals surface area contributed by atoms with Crippen LogP contribution in [0.3, 0.4) is 0 Å². The van der Waals surface area contributed by atoms with Gasteiger partial charge in [-0.15, -0.1) is 0 Å². The van der Waals surface area contributed by atoms with Crippen LogP contribution in [-0.4, -0.2) is 99.6 Å². The zero-order valence-electron chi connectivity index (χ0n) is 50.6. The van der Waals surface area contributed by atoms with Crippen LogP contribution in [0.4, 0.5) is 0 Å². The van der Waals surface area contributed by atoms with Crippen LogP contribution in [0.5, 0.6) is 0 Å². The molecular formula is C78H88N4. The van der Waals surface area contributed by atoms with Crippen LogP contribution in [0.25, 0.3) is 11.1 Å². The third-order valence-corrected chi connectivity index (χ3v) is 21.8. The van der Waals surface area contributed by atoms with E-state index in [1.807, 2.05) is 0 Å². The lowest BCUT2D eigenvalue weighted by Gasteiger charge is -2.49. The topological polar surface area (TPSA) is 13.0 Å². The van der Waals surface area contributed by atoms with Gasteiger partial charge in [-0.2, -0.15) is 0 Å². The third-order valence-electron chi connectivity index (χ3n) is 21.8. The van der Waals surface area contributed by atoms with Crippen molar-refractivity contribution in [2.45, 2.75) is 131 Å². The minimum Gasteiger partial charge on any atom is -0.306 e. The fourth-order valence-electron chi connectivity index (χ4n) is 17.4. The summed E-state index contributed by atoms with van der Waals surface area (Å²) < 4.78 is 0. The van der Waals surface area contributed by atoms with E-state index in [1.165, 1.54) is 86.5 Å². The van der Waals surface area contributed by atoms with E-state index in [9.17, 15) is 0 Å². The minimum atomic E-state index is 0.213. The standard InChI is InChI=1S/C21H25N.C20H23N.C19H21N.C18H19N/c1-20(22(2)3)14-17-9-5-7-11-19(17)21(15-20)13-12-16-8-4-6-10-18(16)21;1-21(2)19-13-15-8-4-6-10-17(15)20-16-9-5-3-7-14(16)11-12-18(19)20;1-20(2)16-11-15-8-5-7-14-10-13-6-3-4-9-17(13)18(12-16)19(14)15;1-19(2)13-10-12-6-5-9-16-14-7-3-4-8-15(14)17(11-13)18(12)16/h4-11H,12-15H2,1-3H3;3-10,18-20H,11-13H2,1-2H3;3-9,16,18H,10-12H2,1-2H3;3-9,13,17H,10-11H2,1-2H3/t20-,21-;18-,19?,20+;;/m10../s1. The molecule has 8 aliphatic rings. The zero-order valence-corrected chi connectivity index (χ0v) is 50.6. The molecule has 0 fully saturated rings. The number of likely N-dealkylation sites (N-methyl/N-ethyl adjacent to an activating group) is 4. The van der Waals surface area contributed by atoms with Gasteiger partial charge in [0, 0.05) is 46.8 Å². The largest absolute Gasteiger partial charge is 0.306 e. The molecule has 82 heavy (non-hydrogen) atoms. The van der Waals surface area contributed by atoms with Gasteiger partial charge in [-0.1, -0.05) is 182 Å². The van der Waals surface area contributed by atoms with Crippen molar-refractivity contribution in [1.29, 1.82) is 0 Å². The van der Waals surface area contributed by atoms with Gasteiger partial charge < -0.3 is 19.6 Å². The van der Waals surface area contributed by atoms with Gasteiger partial charge in [-0.3, -0.25) is 0 Å². The van der Waals surface area contributed by atoms with E-state index < -0.39 is 0 Å². The van der Waals surface area contributed by atoms with Crippen LogP contribution >= 0.6 is 0 Å². The molecule has 0 aliphatic heterocycles. The first-order valence-corrected chi connectivity index (χ1v) is 31.2. The molecule has 0 bridgehead atoms. The highest BCUT2D eigenvalue weighted by Crippen LogP contribution is 2.55. The Morgan fingerprint density at radius 3 is 1.57 bits per heavy atom. The van der Waals surface area contributed by atoms with Crippen molar-refractivity contribution in [3.8, 4) is 11.1 Å². The Balaban J connectivity index is 0.000000103. The smallest absolute Gasteiger partial charge is 0.0229 e. The summed E-state index contributed by atoms with van der Waals surface area (Å²) in [4.78, 5) is 9.66. The van der Waals surface area contributed by atoms with Crippen molar-refractivity contribution in [1.82, 2.24) is 19.6 Å². The molecule has 4 nitrogen and oxygen atoms in total. The first-order valence-electron chi connectivity index (χ1n) is 31.2. The highest BCUT2D eigenvalue weighted by atomic mass is 15.1. The maximum atomic E-state index is 2.45. The second-order valence-corrected chi connectivity index (χ2v) is 27.0. The van der Waals surface area contributed by atoms with Crippen molar-refractivity contribution in [3.63, 3.8) is 0 Å². The molecule has 8 aliphatic carbocycles. The predicted octanol–water partition coefficient (Wildman–Crippen LogP) is 15.3. The van der Waals surface area contributed by atoms with Crippen LogP contribution in [0.2, 0.25) is 0 Å². The Kier molecular flexibility index (Phi) is 14.9. The van der Waals surface area contributed by atoms with Gasteiger partial charge in [-0.25, -0.2) is 0 Å². The van der Waals surface area contributed by atoms with E-state index in [4.69, 9.17) is 0 Å². The lowest BCUT2D eigenvalue weighted by molar-refractivity contribution is 0.119. The summed E-state index contributed by atoms with van der Waals surface area (Å²) in [5.74, 6) is 2.56. The van der Waals surface area contributed by atoms with Gasteiger partial charge >= 0.3 is 0 Å². The molecule has 0 heterocycles. The summed E-state index contributed by atoms with van der Waals surface area (Å²) in [6.45, 7) is 2.44. The number of hydrogen-bond acceptors (Lipinski definition) is 4. The lowest BCUT2D eigenvalue weighted by Crippen LogP contribution is -2.52. The number of rotatable bonds is 4. The number of nitrogens with zero attached hydrogens (tertiary/aromatic N) is 4. The predicted molar refractivity (Wildman–Crippen MR) is 343 cm³/mol. The Bertz CT molecular complexity index is 3620. The highest BCUT2D eigenvalue weighted by Gasteiger charge is 2.50. The average Bonchev–Trinajstić information content (AvgIpc) is 3.02. The van der Waals surface area contributed by atoms with E-state index in [2.05, 4.69) is 265 Å². The summed E-state index contributed by atoms with van der Waals surface area (Å²) in [5.41, 5.74) is 28.5. The van der Waals surface area contributed by atoms with Crippen LogP contribution in [0, 0.1) is 5.92 Å². The normalized spacial score (nSPS) is 25.9. The molecule has 4 heteroatoms. The highest BCUT2D eigenvalue weighted by molar-refractivity contribution is 5.80. The van der Waals surface area contributed by atoms with Gasteiger partial charge in [0.15, 0.2) is 0 Å². The molecule has 1 spiro atoms. The van der Waals surface area contributed by atoms with Gasteiger partial charge in [0.2, 0.25) is 0 Å². The second kappa shape index (κ2) is 22.3. The number of aryl methyl sites for hydroxylation is 2. The minimum absolute atomic E-state index is 0.213. The van der Waals surface area contributed by atoms with Gasteiger partial charge in [0.05, 0.1) is 0 Å². The molecule has 0 radical (unpaired) electrons. The Hall–Kier alpha value is -6.40. The molecule has 8 aromatic rings. The monoisotopic (exact) mass is 1080 g/mol. The summed E-state index contributed by atoms with van der Waals surface area (Å²) in [6.07, 6.45) is 14.6. The van der Waals surface area contributed by atoms with Crippen molar-refractivity contribution in [3.05, 3.63) is 271 Å². The quantitative estimate of drug-likeness (QED) is 0.174. The zero-order chi connectivity index (χ0) is 56.4. The summed E-state index contributed by atoms with van der Waals surface area (Å²) in [7, 11) is 17.8. The maximum Gasteiger partial charge on any atom is 0.0229 e. The lowest BCUT2D eigenvalue weighted by atomic mass is 9.60. The van der Waals surface area contributed by atoms with Gasteiger partial charge in [0.25, 0.3) is 0 Å². The Morgan fingerprint density at radius 2 is 0.902 bits per heavy atom. The van der Waals surface area contributed by atoms with Crippen LogP contribution < -0.4 is 0 Å². The fourth-order valence-corrected chi connectivity index (χ4v) is 17.4. The molecule has 0 saturated heterocycles. The SMILES string of the molecule is CN(C)C1Cc2cccc3c2C(C1)c1ccccc1-3.CN(C)C1Cc2cccc3c2C(C1)c1ccccc1C3.CN(C)C1Cc2ccccc2[C@H]2c3ccccc3CC[C@@H]12.CN(C)[C@]1(C)Cc2ccccc2[C@]2(CCc3ccccc32)C1. The van der Waals surface area contributed by atoms with Crippen LogP contribution in [0.15, 0.2) is 182 Å². The Labute approximate surface area is 492 Å². The summed E-state index contributed by atoms with van der Waals surface area (Å²) >= 11 is 0. The van der Waals surface area contributed by atoms with E-state index in [1.54, 1.807) is 77.9 Å². The molecule has 0 N–H and O–H groups in total. The second-order valence-electron chi connectivity index (χ2n) is 27.0. The van der Waals surface area contributed by atoms with E-state index >= 15 is 0 Å². The van der Waals surface area contributed by atoms with E-state index in [0.717, 1.165) is 18.8 Å². The number of fused-ring (bicyclic) bond motifs is 14. The molecular weight excluding hydrogens is 993 g/mol. The Morgan fingerprint density at radius 1 is 0.402 bits per heavy atom. The maximum absolute atomic E-state index is 2.45. The molecule has 0 aromatic heterocycles. The van der Waals surface area contributed by atoms with Crippen molar-refractivity contribution >= 4 is 0 Å². The summed E-state index contributed by atoms with van der Waals surface area (Å²) in [5, 5.41) is 0.